The summed E-state index contributed by atoms with van der Waals surface area (Å²) >= 11 is 0. The minimum absolute atomic E-state index is 0.0881. The van der Waals surface area contributed by atoms with E-state index in [1.165, 1.54) is 12.1 Å². The first-order valence-corrected chi connectivity index (χ1v) is 18.6. The number of halogens is 6. The van der Waals surface area contributed by atoms with E-state index in [0.29, 0.717) is 36.3 Å². The van der Waals surface area contributed by atoms with E-state index in [9.17, 15) is 26.3 Å². The van der Waals surface area contributed by atoms with Crippen molar-refractivity contribution in [3.63, 3.8) is 0 Å². The number of para-hydroxylation sites is 1. The first-order chi connectivity index (χ1) is 26.7. The molecule has 0 saturated carbocycles. The second-order valence-electron chi connectivity index (χ2n) is 14.6. The molecule has 1 aliphatic carbocycles. The molecule has 0 saturated heterocycles. The van der Waals surface area contributed by atoms with Crippen molar-refractivity contribution in [2.45, 2.75) is 63.3 Å². The molecule has 0 fully saturated rings. The molecule has 0 atom stereocenters. The number of rotatable bonds is 13. The van der Waals surface area contributed by atoms with Crippen molar-refractivity contribution in [3.05, 3.63) is 162 Å². The molecule has 0 radical (unpaired) electrons. The maximum absolute atomic E-state index is 13.5. The van der Waals surface area contributed by atoms with E-state index in [4.69, 9.17) is 4.98 Å². The van der Waals surface area contributed by atoms with Crippen molar-refractivity contribution >= 4 is 22.4 Å². The van der Waals surface area contributed by atoms with Crippen LogP contribution >= 0.6 is 0 Å². The van der Waals surface area contributed by atoms with Crippen molar-refractivity contribution in [3.8, 4) is 22.3 Å². The number of nitrogens with zero attached hydrogens (tertiary/aromatic N) is 2. The van der Waals surface area contributed by atoms with E-state index in [0.717, 1.165) is 74.5 Å². The van der Waals surface area contributed by atoms with Gasteiger partial charge in [0.15, 0.2) is 0 Å². The second kappa shape index (κ2) is 15.0. The summed E-state index contributed by atoms with van der Waals surface area (Å²) in [6, 6.07) is 34.2. The molecule has 10 heteroatoms. The third kappa shape index (κ3) is 7.32. The van der Waals surface area contributed by atoms with Gasteiger partial charge in [0.25, 0.3) is 0 Å². The molecule has 2 N–H and O–H groups in total. The number of aromatic nitrogens is 2. The molecule has 288 valence electrons. The van der Waals surface area contributed by atoms with Crippen LogP contribution in [0.2, 0.25) is 0 Å². The predicted octanol–water partition coefficient (Wildman–Crippen LogP) is 12.7. The Bertz CT molecular complexity index is 2360. The van der Waals surface area contributed by atoms with Gasteiger partial charge in [0.05, 0.1) is 22.2 Å². The minimum atomic E-state index is -4.43. The smallest absolute Gasteiger partial charge is 0.379 e. The molecule has 0 amide bonds. The summed E-state index contributed by atoms with van der Waals surface area (Å²) < 4.78 is 82.4. The fraction of sp³-hybridized carbons (Fsp3) is 0.239. The molecule has 1 aromatic heterocycles. The van der Waals surface area contributed by atoms with Gasteiger partial charge in [0.2, 0.25) is 0 Å². The maximum atomic E-state index is 13.5. The van der Waals surface area contributed by atoms with E-state index in [2.05, 4.69) is 42.2 Å². The fourth-order valence-electron chi connectivity index (χ4n) is 8.10. The van der Waals surface area contributed by atoms with Crippen molar-refractivity contribution in [2.24, 2.45) is 0 Å². The summed E-state index contributed by atoms with van der Waals surface area (Å²) in [7, 11) is 0. The summed E-state index contributed by atoms with van der Waals surface area (Å²) in [5.74, 6) is 0.984. The van der Waals surface area contributed by atoms with Crippen LogP contribution in [0.1, 0.15) is 67.1 Å². The number of allylic oxidation sites excluding steroid dienone is 1. The van der Waals surface area contributed by atoms with Gasteiger partial charge in [-0.15, -0.1) is 0 Å². The lowest BCUT2D eigenvalue weighted by Gasteiger charge is -2.35. The van der Waals surface area contributed by atoms with Gasteiger partial charge in [0.1, 0.15) is 17.9 Å². The number of hydrogen-bond donors (Lipinski definition) is 2. The van der Waals surface area contributed by atoms with E-state index in [-0.39, 0.29) is 5.92 Å². The first-order valence-electron chi connectivity index (χ1n) is 18.6. The number of benzene rings is 5. The summed E-state index contributed by atoms with van der Waals surface area (Å²) in [5.41, 5.74) is 7.77. The van der Waals surface area contributed by atoms with Crippen LogP contribution in [0.3, 0.4) is 0 Å². The van der Waals surface area contributed by atoms with Crippen LogP contribution in [0.5, 0.6) is 0 Å². The second-order valence-corrected chi connectivity index (χ2v) is 14.6. The molecule has 6 aromatic rings. The average Bonchev–Trinajstić information content (AvgIpc) is 3.70. The number of alkyl halides is 6. The summed E-state index contributed by atoms with van der Waals surface area (Å²) in [6.45, 7) is 12.2. The third-order valence-electron chi connectivity index (χ3n) is 10.7. The standard InChI is InChI=1S/C46H42F6N4/c1-29(2)43-55-42-40(54-30(3)34-14-5-6-15-35(34)32-22-24-33(25-23-32)46(50,51)52)20-13-21-41(42)56(43)27-12-11-26-44(31(4)53-28-45(47,48)49)38-18-9-7-16-36(38)37-17-8-10-19-39(37)44/h5-10,13-25,29,53-54H,3-4,11-12,26-28H2,1-2H3. The molecule has 5 aromatic carbocycles. The monoisotopic (exact) mass is 764 g/mol. The quantitative estimate of drug-likeness (QED) is 0.0909. The number of nitrogens with one attached hydrogen (secondary N) is 2. The van der Waals surface area contributed by atoms with Crippen molar-refractivity contribution < 1.29 is 26.3 Å². The highest BCUT2D eigenvalue weighted by molar-refractivity contribution is 5.95. The molecule has 0 unspecified atom stereocenters. The SMILES string of the molecule is C=C(Nc1cccc2c1nc(C(C)C)n2CCCCC1(C(=C)NCC(F)(F)F)c2ccccc2-c2ccccc21)c1ccccc1-c1ccc(C(F)(F)F)cc1. The van der Waals surface area contributed by atoms with Crippen LogP contribution in [-0.2, 0) is 18.1 Å². The average molecular weight is 765 g/mol. The highest BCUT2D eigenvalue weighted by Crippen LogP contribution is 2.54. The zero-order valence-corrected chi connectivity index (χ0v) is 31.2. The highest BCUT2D eigenvalue weighted by atomic mass is 19.4. The van der Waals surface area contributed by atoms with E-state index < -0.39 is 29.9 Å². The van der Waals surface area contributed by atoms with Crippen LogP contribution in [0.15, 0.2) is 134 Å². The molecule has 7 rings (SSSR count). The number of aryl methyl sites for hydroxylation is 1. The Morgan fingerprint density at radius 3 is 1.95 bits per heavy atom. The number of fused-ring (bicyclic) bond motifs is 4. The predicted molar refractivity (Wildman–Crippen MR) is 213 cm³/mol. The lowest BCUT2D eigenvalue weighted by atomic mass is 9.72. The van der Waals surface area contributed by atoms with Crippen molar-refractivity contribution in [2.75, 3.05) is 11.9 Å². The molecule has 0 aliphatic heterocycles. The number of imidazole rings is 1. The molecule has 0 bridgehead atoms. The largest absolute Gasteiger partial charge is 0.416 e. The van der Waals surface area contributed by atoms with Gasteiger partial charge < -0.3 is 15.2 Å². The Hall–Kier alpha value is -5.77. The Balaban J connectivity index is 1.15. The summed E-state index contributed by atoms with van der Waals surface area (Å²) in [4.78, 5) is 5.10. The highest BCUT2D eigenvalue weighted by Gasteiger charge is 2.45. The molecule has 56 heavy (non-hydrogen) atoms. The number of unbranched alkanes of at least 4 members (excludes halogenated alkanes) is 1. The van der Waals surface area contributed by atoms with Gasteiger partial charge in [-0.05, 0) is 70.5 Å². The zero-order valence-electron chi connectivity index (χ0n) is 31.2. The molecule has 1 heterocycles. The summed E-state index contributed by atoms with van der Waals surface area (Å²) in [6.07, 6.45) is -6.84. The van der Waals surface area contributed by atoms with Crippen molar-refractivity contribution in [1.82, 2.24) is 14.9 Å². The van der Waals surface area contributed by atoms with Crippen molar-refractivity contribution in [1.29, 1.82) is 0 Å². The zero-order chi connectivity index (χ0) is 39.8. The molecular formula is C46H42F6N4. The van der Waals surface area contributed by atoms with Crippen LogP contribution in [0.25, 0.3) is 39.0 Å². The maximum Gasteiger partial charge on any atom is 0.416 e. The summed E-state index contributed by atoms with van der Waals surface area (Å²) in [5, 5.41) is 6.10. The van der Waals surface area contributed by atoms with Crippen LogP contribution < -0.4 is 10.6 Å². The van der Waals surface area contributed by atoms with E-state index in [1.54, 1.807) is 0 Å². The van der Waals surface area contributed by atoms with E-state index >= 15 is 0 Å². The van der Waals surface area contributed by atoms with Crippen LogP contribution in [0, 0.1) is 0 Å². The van der Waals surface area contributed by atoms with Gasteiger partial charge in [-0.2, -0.15) is 26.3 Å². The lowest BCUT2D eigenvalue weighted by Crippen LogP contribution is -2.39. The molecule has 4 nitrogen and oxygen atoms in total. The normalized spacial score (nSPS) is 13.4. The van der Waals surface area contributed by atoms with Gasteiger partial charge in [-0.25, -0.2) is 4.98 Å². The van der Waals surface area contributed by atoms with Crippen LogP contribution in [-0.4, -0.2) is 22.3 Å². The molecular weight excluding hydrogens is 723 g/mol. The Kier molecular flexibility index (Phi) is 10.3. The van der Waals surface area contributed by atoms with E-state index in [1.807, 2.05) is 91.0 Å². The topological polar surface area (TPSA) is 41.9 Å². The Morgan fingerprint density at radius 2 is 1.34 bits per heavy atom. The van der Waals surface area contributed by atoms with Gasteiger partial charge in [-0.3, -0.25) is 0 Å². The van der Waals surface area contributed by atoms with Gasteiger partial charge >= 0.3 is 12.4 Å². The van der Waals surface area contributed by atoms with Gasteiger partial charge in [0, 0.05) is 29.4 Å². The molecule has 1 aliphatic rings. The molecule has 0 spiro atoms. The van der Waals surface area contributed by atoms with Crippen LogP contribution in [0.4, 0.5) is 32.0 Å². The third-order valence-corrected chi connectivity index (χ3v) is 10.7. The fourth-order valence-corrected chi connectivity index (χ4v) is 8.10. The first kappa shape index (κ1) is 38.5. The van der Waals surface area contributed by atoms with Gasteiger partial charge in [-0.1, -0.05) is 124 Å². The lowest BCUT2D eigenvalue weighted by molar-refractivity contribution is -0.137. The Morgan fingerprint density at radius 1 is 0.732 bits per heavy atom. The minimum Gasteiger partial charge on any atom is -0.379 e. The Labute approximate surface area is 322 Å². The number of hydrogen-bond acceptors (Lipinski definition) is 3. The number of anilines is 1.